The summed E-state index contributed by atoms with van der Waals surface area (Å²) in [6.07, 6.45) is 4.97. The van der Waals surface area contributed by atoms with Crippen molar-refractivity contribution in [3.8, 4) is 5.75 Å². The van der Waals surface area contributed by atoms with Crippen molar-refractivity contribution in [3.63, 3.8) is 0 Å². The summed E-state index contributed by atoms with van der Waals surface area (Å²) in [6.45, 7) is 5.75. The van der Waals surface area contributed by atoms with Crippen LogP contribution in [0.4, 0.5) is 4.79 Å². The lowest BCUT2D eigenvalue weighted by Gasteiger charge is -2.35. The Morgan fingerprint density at radius 2 is 1.81 bits per heavy atom. The quantitative estimate of drug-likeness (QED) is 0.715. The van der Waals surface area contributed by atoms with Gasteiger partial charge in [0.1, 0.15) is 11.4 Å². The number of hydrogen-bond acceptors (Lipinski definition) is 3. The minimum Gasteiger partial charge on any atom is -0.496 e. The third kappa shape index (κ3) is 3.29. The molecule has 0 N–H and O–H groups in total. The van der Waals surface area contributed by atoms with Crippen LogP contribution in [-0.4, -0.2) is 35.8 Å². The Kier molecular flexibility index (Phi) is 4.37. The summed E-state index contributed by atoms with van der Waals surface area (Å²) in [5.74, 6) is 0.893. The molecule has 1 amide bonds. The minimum atomic E-state index is -0.466. The third-order valence-electron chi connectivity index (χ3n) is 5.45. The number of nitrogens with zero attached hydrogens (tertiary/aromatic N) is 1. The number of hydrogen-bond donors (Lipinski definition) is 0. The van der Waals surface area contributed by atoms with Crippen LogP contribution in [0.25, 0.3) is 16.3 Å². The number of methoxy groups -OCH3 is 1. The molecular weight excluding hydrogens is 338 g/mol. The maximum atomic E-state index is 12.7. The van der Waals surface area contributed by atoms with Gasteiger partial charge in [0.2, 0.25) is 0 Å². The second-order valence-corrected chi connectivity index (χ2v) is 8.44. The van der Waals surface area contributed by atoms with Gasteiger partial charge >= 0.3 is 6.09 Å². The molecule has 0 aromatic heterocycles. The fourth-order valence-corrected chi connectivity index (χ4v) is 4.36. The predicted octanol–water partition coefficient (Wildman–Crippen LogP) is 5.40. The number of amides is 1. The topological polar surface area (TPSA) is 38.8 Å². The zero-order valence-electron chi connectivity index (χ0n) is 16.5. The molecule has 4 heteroatoms. The van der Waals surface area contributed by atoms with E-state index in [1.54, 1.807) is 7.11 Å². The molecule has 4 rings (SSSR count). The van der Waals surface area contributed by atoms with Crippen molar-refractivity contribution in [1.82, 2.24) is 4.90 Å². The third-order valence-corrected chi connectivity index (χ3v) is 5.45. The molecule has 1 saturated heterocycles. The average Bonchev–Trinajstić information content (AvgIpc) is 2.89. The molecule has 142 valence electrons. The van der Waals surface area contributed by atoms with Gasteiger partial charge in [0.25, 0.3) is 0 Å². The Balaban J connectivity index is 1.69. The van der Waals surface area contributed by atoms with Crippen LogP contribution in [0.2, 0.25) is 0 Å². The van der Waals surface area contributed by atoms with Crippen molar-refractivity contribution in [2.75, 3.05) is 7.11 Å². The summed E-state index contributed by atoms with van der Waals surface area (Å²) in [6, 6.07) is 12.9. The number of ether oxygens (including phenoxy) is 2. The Labute approximate surface area is 160 Å². The predicted molar refractivity (Wildman–Crippen MR) is 108 cm³/mol. The first kappa shape index (κ1) is 17.9. The molecule has 2 aromatic carbocycles. The minimum absolute atomic E-state index is 0.120. The van der Waals surface area contributed by atoms with Crippen LogP contribution in [0.5, 0.6) is 5.75 Å². The lowest BCUT2D eigenvalue weighted by atomic mass is 9.91. The van der Waals surface area contributed by atoms with Crippen molar-refractivity contribution in [3.05, 3.63) is 48.0 Å². The summed E-state index contributed by atoms with van der Waals surface area (Å²) in [5, 5.41) is 2.33. The maximum Gasteiger partial charge on any atom is 0.411 e. The smallest absolute Gasteiger partial charge is 0.411 e. The van der Waals surface area contributed by atoms with Gasteiger partial charge in [-0.1, -0.05) is 36.4 Å². The first-order valence-electron chi connectivity index (χ1n) is 9.65. The first-order chi connectivity index (χ1) is 12.9. The van der Waals surface area contributed by atoms with Crippen molar-refractivity contribution in [1.29, 1.82) is 0 Å². The number of benzene rings is 2. The highest BCUT2D eigenvalue weighted by Gasteiger charge is 2.41. The number of fused-ring (bicyclic) bond motifs is 3. The van der Waals surface area contributed by atoms with E-state index in [0.717, 1.165) is 30.4 Å². The van der Waals surface area contributed by atoms with Crippen LogP contribution in [0.15, 0.2) is 42.5 Å². The average molecular weight is 365 g/mol. The van der Waals surface area contributed by atoms with E-state index in [9.17, 15) is 4.79 Å². The van der Waals surface area contributed by atoms with Crippen molar-refractivity contribution in [2.24, 2.45) is 0 Å². The van der Waals surface area contributed by atoms with E-state index in [2.05, 4.69) is 30.3 Å². The molecule has 0 spiro atoms. The molecule has 4 nitrogen and oxygen atoms in total. The molecule has 0 saturated carbocycles. The van der Waals surface area contributed by atoms with E-state index in [4.69, 9.17) is 9.47 Å². The lowest BCUT2D eigenvalue weighted by Crippen LogP contribution is -2.45. The summed E-state index contributed by atoms with van der Waals surface area (Å²) in [7, 11) is 1.71. The van der Waals surface area contributed by atoms with Gasteiger partial charge in [0.15, 0.2) is 0 Å². The summed E-state index contributed by atoms with van der Waals surface area (Å²) >= 11 is 0. The van der Waals surface area contributed by atoms with E-state index < -0.39 is 5.60 Å². The lowest BCUT2D eigenvalue weighted by molar-refractivity contribution is 0.0175. The number of carbonyl (C=O) groups excluding carboxylic acids is 1. The standard InChI is InChI=1S/C23H27NO3/c1-23(2,3)27-22(25)24-16-9-10-17(24)14-15(13-16)18-11-12-21(26-4)20-8-6-5-7-19(18)20/h5-8,11-13,16-17H,9-10,14H2,1-4H3. The van der Waals surface area contributed by atoms with Crippen LogP contribution < -0.4 is 4.74 Å². The van der Waals surface area contributed by atoms with E-state index in [1.165, 1.54) is 16.5 Å². The van der Waals surface area contributed by atoms with Gasteiger partial charge < -0.3 is 9.47 Å². The fourth-order valence-electron chi connectivity index (χ4n) is 4.36. The highest BCUT2D eigenvalue weighted by atomic mass is 16.6. The van der Waals surface area contributed by atoms with Gasteiger partial charge in [-0.2, -0.15) is 0 Å². The molecule has 1 fully saturated rings. The van der Waals surface area contributed by atoms with Gasteiger partial charge in [0.05, 0.1) is 13.2 Å². The first-order valence-corrected chi connectivity index (χ1v) is 9.65. The Morgan fingerprint density at radius 1 is 1.07 bits per heavy atom. The molecular formula is C23H27NO3. The van der Waals surface area contributed by atoms with Crippen LogP contribution in [0.3, 0.4) is 0 Å². The van der Waals surface area contributed by atoms with Crippen LogP contribution in [0, 0.1) is 0 Å². The normalized spacial score (nSPS) is 21.9. The van der Waals surface area contributed by atoms with Gasteiger partial charge in [-0.05, 0) is 62.6 Å². The highest BCUT2D eigenvalue weighted by Crippen LogP contribution is 2.42. The Morgan fingerprint density at radius 3 is 2.48 bits per heavy atom. The van der Waals surface area contributed by atoms with E-state index in [0.29, 0.717) is 0 Å². The second kappa shape index (κ2) is 6.59. The number of rotatable bonds is 2. The molecule has 0 aliphatic carbocycles. The maximum absolute atomic E-state index is 12.7. The van der Waals surface area contributed by atoms with Crippen molar-refractivity contribution < 1.29 is 14.3 Å². The summed E-state index contributed by atoms with van der Waals surface area (Å²) < 4.78 is 11.2. The molecule has 2 atom stereocenters. The summed E-state index contributed by atoms with van der Waals surface area (Å²) in [4.78, 5) is 14.6. The van der Waals surface area contributed by atoms with Crippen LogP contribution >= 0.6 is 0 Å². The molecule has 0 radical (unpaired) electrons. The van der Waals surface area contributed by atoms with Crippen molar-refractivity contribution in [2.45, 2.75) is 57.7 Å². The molecule has 27 heavy (non-hydrogen) atoms. The molecule has 2 heterocycles. The van der Waals surface area contributed by atoms with E-state index in [1.807, 2.05) is 37.8 Å². The zero-order chi connectivity index (χ0) is 19.2. The van der Waals surface area contributed by atoms with Gasteiger partial charge in [-0.15, -0.1) is 0 Å². The van der Waals surface area contributed by atoms with Crippen LogP contribution in [-0.2, 0) is 4.74 Å². The Hall–Kier alpha value is -2.49. The largest absolute Gasteiger partial charge is 0.496 e. The van der Waals surface area contributed by atoms with E-state index >= 15 is 0 Å². The molecule has 2 unspecified atom stereocenters. The van der Waals surface area contributed by atoms with Gasteiger partial charge in [0, 0.05) is 11.4 Å². The van der Waals surface area contributed by atoms with E-state index in [-0.39, 0.29) is 18.2 Å². The van der Waals surface area contributed by atoms with Gasteiger partial charge in [-0.25, -0.2) is 4.79 Å². The fraction of sp³-hybridized carbons (Fsp3) is 0.435. The van der Waals surface area contributed by atoms with Crippen LogP contribution in [0.1, 0.15) is 45.6 Å². The number of carbonyl (C=O) groups is 1. The molecule has 2 aliphatic rings. The second-order valence-electron chi connectivity index (χ2n) is 8.44. The zero-order valence-corrected chi connectivity index (χ0v) is 16.5. The Bertz CT molecular complexity index is 909. The van der Waals surface area contributed by atoms with Crippen molar-refractivity contribution >= 4 is 22.4 Å². The molecule has 2 aliphatic heterocycles. The SMILES string of the molecule is COc1ccc(C2=CC3CCC(C2)N3C(=O)OC(C)(C)C)c2ccccc12. The molecule has 2 aromatic rings. The monoisotopic (exact) mass is 365 g/mol. The highest BCUT2D eigenvalue weighted by molar-refractivity contribution is 5.98. The summed E-state index contributed by atoms with van der Waals surface area (Å²) in [5.41, 5.74) is 2.10. The molecule has 2 bridgehead atoms. The van der Waals surface area contributed by atoms with Gasteiger partial charge in [-0.3, -0.25) is 4.90 Å².